The third-order valence-electron chi connectivity index (χ3n) is 6.05. The van der Waals surface area contributed by atoms with Crippen LogP contribution in [-0.4, -0.2) is 45.8 Å². The fourth-order valence-corrected chi connectivity index (χ4v) is 4.56. The van der Waals surface area contributed by atoms with Crippen molar-refractivity contribution in [2.45, 2.75) is 64.1 Å². The van der Waals surface area contributed by atoms with Crippen LogP contribution >= 0.6 is 0 Å². The van der Waals surface area contributed by atoms with E-state index in [1.807, 2.05) is 13.0 Å². The summed E-state index contributed by atoms with van der Waals surface area (Å²) < 4.78 is 7.09. The Kier molecular flexibility index (Phi) is 5.21. The Balaban J connectivity index is 1.84. The van der Waals surface area contributed by atoms with Crippen molar-refractivity contribution in [1.82, 2.24) is 9.55 Å². The van der Waals surface area contributed by atoms with E-state index in [4.69, 9.17) is 4.74 Å². The number of fused-ring (bicyclic) bond motifs is 1. The molecule has 1 aliphatic heterocycles. The van der Waals surface area contributed by atoms with Crippen LogP contribution in [-0.2, 0) is 4.74 Å². The van der Waals surface area contributed by atoms with Gasteiger partial charge in [0.25, 0.3) is 5.56 Å². The van der Waals surface area contributed by atoms with E-state index in [1.54, 1.807) is 10.8 Å². The number of aryl methyl sites for hydroxylation is 1. The van der Waals surface area contributed by atoms with E-state index in [0.29, 0.717) is 31.0 Å². The zero-order valence-corrected chi connectivity index (χ0v) is 16.4. The van der Waals surface area contributed by atoms with Gasteiger partial charge in [0, 0.05) is 30.3 Å². The molecule has 2 aromatic heterocycles. The quantitative estimate of drug-likeness (QED) is 0.786. The number of anilines is 1. The molecule has 2 N–H and O–H groups in total. The molecule has 0 aromatic carbocycles. The van der Waals surface area contributed by atoms with Crippen LogP contribution in [0.1, 0.15) is 61.0 Å². The van der Waals surface area contributed by atoms with Crippen molar-refractivity contribution >= 4 is 22.5 Å². The summed E-state index contributed by atoms with van der Waals surface area (Å²) in [4.78, 5) is 29.9. The predicted octanol–water partition coefficient (Wildman–Crippen LogP) is 2.58. The van der Waals surface area contributed by atoms with Crippen LogP contribution in [0.3, 0.4) is 0 Å². The van der Waals surface area contributed by atoms with Crippen molar-refractivity contribution in [3.8, 4) is 0 Å². The number of Topliss-reactive ketones (excluding diaryl/α,β-unsaturated/α-hetero) is 1. The Bertz CT molecular complexity index is 962. The van der Waals surface area contributed by atoms with Crippen molar-refractivity contribution in [3.05, 3.63) is 33.7 Å². The smallest absolute Gasteiger partial charge is 0.262 e. The Morgan fingerprint density at radius 2 is 2.07 bits per heavy atom. The number of rotatable bonds is 4. The number of carbonyl (C=O) groups excluding carboxylic acids is 1. The van der Waals surface area contributed by atoms with Crippen LogP contribution in [0, 0.1) is 6.92 Å². The lowest BCUT2D eigenvalue weighted by molar-refractivity contribution is -0.0135. The highest BCUT2D eigenvalue weighted by Crippen LogP contribution is 2.33. The van der Waals surface area contributed by atoms with Crippen LogP contribution in [0.4, 0.5) is 5.82 Å². The minimum Gasteiger partial charge on any atom is -0.389 e. The molecule has 7 heteroatoms. The number of hydrogen-bond donors (Lipinski definition) is 2. The molecule has 0 spiro atoms. The number of nitrogens with zero attached hydrogens (tertiary/aromatic N) is 2. The minimum atomic E-state index is -0.593. The number of aromatic nitrogens is 2. The maximum atomic E-state index is 13.2. The summed E-state index contributed by atoms with van der Waals surface area (Å²) in [6, 6.07) is 1.86. The first-order valence-electron chi connectivity index (χ1n) is 10.1. The predicted molar refractivity (Wildman–Crippen MR) is 107 cm³/mol. The Labute approximate surface area is 163 Å². The van der Waals surface area contributed by atoms with Gasteiger partial charge in [0.15, 0.2) is 5.78 Å². The van der Waals surface area contributed by atoms with Gasteiger partial charge in [0.1, 0.15) is 5.82 Å². The minimum absolute atomic E-state index is 0.109. The molecule has 150 valence electrons. The van der Waals surface area contributed by atoms with Gasteiger partial charge in [-0.1, -0.05) is 12.8 Å². The third-order valence-corrected chi connectivity index (χ3v) is 6.05. The summed E-state index contributed by atoms with van der Waals surface area (Å²) >= 11 is 0. The monoisotopic (exact) mass is 385 g/mol. The van der Waals surface area contributed by atoms with E-state index in [2.05, 4.69) is 10.3 Å². The standard InChI is InChI=1S/C21H27N3O4/c1-12-15-10-22-19(23-16-7-8-28-11-18(16)26)9-17(15)24(14-5-3-4-6-14)21(27)20(12)13(2)25/h9-10,14,16,18,26H,3-8,11H2,1-2H3,(H,22,23)/t16-,18-/m0/s1. The zero-order chi connectivity index (χ0) is 19.8. The number of nitrogens with one attached hydrogen (secondary N) is 1. The van der Waals surface area contributed by atoms with E-state index in [1.165, 1.54) is 6.92 Å². The average Bonchev–Trinajstić information content (AvgIpc) is 3.17. The third kappa shape index (κ3) is 3.33. The summed E-state index contributed by atoms with van der Waals surface area (Å²) in [5, 5.41) is 14.3. The molecule has 0 radical (unpaired) electrons. The molecule has 0 amide bonds. The number of pyridine rings is 2. The van der Waals surface area contributed by atoms with Gasteiger partial charge in [-0.3, -0.25) is 9.59 Å². The van der Waals surface area contributed by atoms with Crippen molar-refractivity contribution in [2.75, 3.05) is 18.5 Å². The number of ketones is 1. The molecule has 4 rings (SSSR count). The zero-order valence-electron chi connectivity index (χ0n) is 16.4. The molecule has 2 aromatic rings. The lowest BCUT2D eigenvalue weighted by Gasteiger charge is -2.29. The van der Waals surface area contributed by atoms with Crippen LogP contribution in [0.25, 0.3) is 10.9 Å². The van der Waals surface area contributed by atoms with Gasteiger partial charge >= 0.3 is 0 Å². The van der Waals surface area contributed by atoms with Crippen LogP contribution in [0.5, 0.6) is 0 Å². The molecule has 2 atom stereocenters. The van der Waals surface area contributed by atoms with Crippen LogP contribution < -0.4 is 10.9 Å². The molecule has 2 fully saturated rings. The van der Waals surface area contributed by atoms with E-state index < -0.39 is 6.10 Å². The van der Waals surface area contributed by atoms with Crippen LogP contribution in [0.2, 0.25) is 0 Å². The Morgan fingerprint density at radius 1 is 1.32 bits per heavy atom. The molecule has 1 aliphatic carbocycles. The average molecular weight is 385 g/mol. The Morgan fingerprint density at radius 3 is 2.75 bits per heavy atom. The molecule has 1 saturated heterocycles. The van der Waals surface area contributed by atoms with Crippen molar-refractivity contribution in [3.63, 3.8) is 0 Å². The highest BCUT2D eigenvalue weighted by molar-refractivity contribution is 6.00. The van der Waals surface area contributed by atoms with Gasteiger partial charge < -0.3 is 19.7 Å². The molecule has 28 heavy (non-hydrogen) atoms. The number of hydrogen-bond acceptors (Lipinski definition) is 6. The summed E-state index contributed by atoms with van der Waals surface area (Å²) in [6.07, 6.45) is 5.90. The molecule has 0 bridgehead atoms. The Hall–Kier alpha value is -2.25. The molecule has 0 unspecified atom stereocenters. The lowest BCUT2D eigenvalue weighted by atomic mass is 10.0. The van der Waals surface area contributed by atoms with E-state index in [9.17, 15) is 14.7 Å². The summed E-state index contributed by atoms with van der Waals surface area (Å²) in [5.41, 5.74) is 1.56. The largest absolute Gasteiger partial charge is 0.389 e. The summed E-state index contributed by atoms with van der Waals surface area (Å²) in [5.74, 6) is 0.420. The number of aliphatic hydroxyl groups excluding tert-OH is 1. The van der Waals surface area contributed by atoms with E-state index >= 15 is 0 Å². The second-order valence-electron chi connectivity index (χ2n) is 7.94. The molecule has 3 heterocycles. The number of carbonyl (C=O) groups is 1. The first-order valence-corrected chi connectivity index (χ1v) is 10.1. The van der Waals surface area contributed by atoms with Crippen molar-refractivity contribution in [1.29, 1.82) is 0 Å². The molecule has 1 saturated carbocycles. The topological polar surface area (TPSA) is 93.4 Å². The van der Waals surface area contributed by atoms with Gasteiger partial charge in [0.05, 0.1) is 29.8 Å². The van der Waals surface area contributed by atoms with Gasteiger partial charge in [-0.25, -0.2) is 4.98 Å². The van der Waals surface area contributed by atoms with Gasteiger partial charge in [-0.05, 0) is 38.7 Å². The van der Waals surface area contributed by atoms with Crippen molar-refractivity contribution in [2.24, 2.45) is 0 Å². The number of ether oxygens (including phenoxy) is 1. The summed E-state index contributed by atoms with van der Waals surface area (Å²) in [6.45, 7) is 4.16. The number of aliphatic hydroxyl groups is 1. The van der Waals surface area contributed by atoms with Gasteiger partial charge in [-0.2, -0.15) is 0 Å². The first kappa shape index (κ1) is 19.1. The maximum Gasteiger partial charge on any atom is 0.262 e. The highest BCUT2D eigenvalue weighted by Gasteiger charge is 2.27. The molecule has 7 nitrogen and oxygen atoms in total. The molecular formula is C21H27N3O4. The second kappa shape index (κ2) is 7.64. The van der Waals surface area contributed by atoms with Crippen LogP contribution in [0.15, 0.2) is 17.1 Å². The van der Waals surface area contributed by atoms with Gasteiger partial charge in [-0.15, -0.1) is 0 Å². The lowest BCUT2D eigenvalue weighted by Crippen LogP contribution is -2.42. The normalized spacial score (nSPS) is 23.2. The summed E-state index contributed by atoms with van der Waals surface area (Å²) in [7, 11) is 0. The molecular weight excluding hydrogens is 358 g/mol. The second-order valence-corrected chi connectivity index (χ2v) is 7.94. The maximum absolute atomic E-state index is 13.2. The van der Waals surface area contributed by atoms with E-state index in [-0.39, 0.29) is 29.0 Å². The first-order chi connectivity index (χ1) is 13.5. The van der Waals surface area contributed by atoms with Gasteiger partial charge in [0.2, 0.25) is 0 Å². The highest BCUT2D eigenvalue weighted by atomic mass is 16.5. The van der Waals surface area contributed by atoms with E-state index in [0.717, 1.165) is 36.6 Å². The fourth-order valence-electron chi connectivity index (χ4n) is 4.56. The fraction of sp³-hybridized carbons (Fsp3) is 0.571. The SMILES string of the molecule is CC(=O)c1c(C)c2cnc(N[C@H]3CCOC[C@@H]3O)cc2n(C2CCCC2)c1=O. The molecule has 2 aliphatic rings. The van der Waals surface area contributed by atoms with Crippen molar-refractivity contribution < 1.29 is 14.6 Å².